The number of rotatable bonds is 3. The van der Waals surface area contributed by atoms with Crippen molar-refractivity contribution in [1.82, 2.24) is 29.7 Å². The predicted molar refractivity (Wildman–Crippen MR) is 135 cm³/mol. The fourth-order valence-corrected chi connectivity index (χ4v) is 5.36. The highest BCUT2D eigenvalue weighted by atomic mass is 15.2. The van der Waals surface area contributed by atoms with Crippen LogP contribution in [0.2, 0.25) is 0 Å². The smallest absolute Gasteiger partial charge is 0.124 e. The molecule has 0 amide bonds. The normalized spacial score (nSPS) is 21.2. The van der Waals surface area contributed by atoms with Crippen LogP contribution in [0, 0.1) is 11.8 Å². The van der Waals surface area contributed by atoms with E-state index in [9.17, 15) is 0 Å². The molecule has 2 fully saturated rings. The van der Waals surface area contributed by atoms with E-state index in [1.807, 2.05) is 12.4 Å². The van der Waals surface area contributed by atoms with Crippen LogP contribution < -0.4 is 0 Å². The van der Waals surface area contributed by atoms with Gasteiger partial charge in [-0.1, -0.05) is 24.1 Å². The molecular weight excluding hydrogens is 420 g/mol. The summed E-state index contributed by atoms with van der Waals surface area (Å²) in [6, 6.07) is 13.7. The summed E-state index contributed by atoms with van der Waals surface area (Å²) in [7, 11) is 4.33. The van der Waals surface area contributed by atoms with Gasteiger partial charge in [-0.15, -0.1) is 0 Å². The van der Waals surface area contributed by atoms with Gasteiger partial charge >= 0.3 is 0 Å². The van der Waals surface area contributed by atoms with E-state index in [4.69, 9.17) is 0 Å². The Morgan fingerprint density at radius 1 is 0.794 bits per heavy atom. The number of nitrogens with one attached hydrogen (secondary N) is 2. The SMILES string of the molecule is CN1CCCC1c1ncc(C#Cc2ccc3cc(-c4cnc(C5CCCN5C)[nH]4)ccc3c2)[nH]1. The number of aromatic amines is 2. The molecule has 2 unspecified atom stereocenters. The summed E-state index contributed by atoms with van der Waals surface area (Å²) in [6.07, 6.45) is 8.59. The summed E-state index contributed by atoms with van der Waals surface area (Å²) in [5.74, 6) is 8.64. The number of fused-ring (bicyclic) bond motifs is 1. The van der Waals surface area contributed by atoms with Gasteiger partial charge in [0.1, 0.15) is 17.3 Å². The van der Waals surface area contributed by atoms with Crippen LogP contribution in [0.15, 0.2) is 48.8 Å². The Morgan fingerprint density at radius 3 is 2.21 bits per heavy atom. The van der Waals surface area contributed by atoms with Crippen molar-refractivity contribution in [1.29, 1.82) is 0 Å². The highest BCUT2D eigenvalue weighted by Gasteiger charge is 2.25. The Bertz CT molecular complexity index is 1390. The molecule has 2 aromatic carbocycles. The van der Waals surface area contributed by atoms with Crippen LogP contribution in [0.1, 0.15) is 60.7 Å². The lowest BCUT2D eigenvalue weighted by molar-refractivity contribution is 0.307. The quantitative estimate of drug-likeness (QED) is 0.437. The van der Waals surface area contributed by atoms with Crippen molar-refractivity contribution in [2.24, 2.45) is 0 Å². The zero-order valence-corrected chi connectivity index (χ0v) is 19.8. The van der Waals surface area contributed by atoms with Crippen LogP contribution in [0.4, 0.5) is 0 Å². The van der Waals surface area contributed by atoms with Gasteiger partial charge in [0.2, 0.25) is 0 Å². The van der Waals surface area contributed by atoms with Crippen molar-refractivity contribution in [2.45, 2.75) is 37.8 Å². The molecule has 6 rings (SSSR count). The lowest BCUT2D eigenvalue weighted by Crippen LogP contribution is -2.18. The average Bonchev–Trinajstić information content (AvgIpc) is 3.64. The van der Waals surface area contributed by atoms with Crippen molar-refractivity contribution in [3.05, 3.63) is 71.7 Å². The van der Waals surface area contributed by atoms with Crippen LogP contribution in [-0.2, 0) is 0 Å². The molecule has 2 atom stereocenters. The molecule has 6 heteroatoms. The van der Waals surface area contributed by atoms with Gasteiger partial charge < -0.3 is 9.97 Å². The number of likely N-dealkylation sites (tertiary alicyclic amines) is 2. The zero-order valence-electron chi connectivity index (χ0n) is 19.8. The lowest BCUT2D eigenvalue weighted by Gasteiger charge is -2.16. The number of nitrogens with zero attached hydrogens (tertiary/aromatic N) is 4. The predicted octanol–water partition coefficient (Wildman–Crippen LogP) is 4.89. The largest absolute Gasteiger partial charge is 0.341 e. The van der Waals surface area contributed by atoms with E-state index in [1.165, 1.54) is 30.0 Å². The van der Waals surface area contributed by atoms with Gasteiger partial charge in [-0.25, -0.2) is 9.97 Å². The summed E-state index contributed by atoms with van der Waals surface area (Å²) in [6.45, 7) is 2.27. The number of H-pyrrole nitrogens is 2. The molecule has 34 heavy (non-hydrogen) atoms. The molecule has 4 aromatic rings. The molecule has 0 spiro atoms. The van der Waals surface area contributed by atoms with Crippen molar-refractivity contribution >= 4 is 10.8 Å². The lowest BCUT2D eigenvalue weighted by atomic mass is 10.0. The van der Waals surface area contributed by atoms with Gasteiger partial charge in [0.05, 0.1) is 30.2 Å². The molecule has 2 aromatic heterocycles. The van der Waals surface area contributed by atoms with E-state index in [0.29, 0.717) is 12.1 Å². The third-order valence-corrected chi connectivity index (χ3v) is 7.36. The van der Waals surface area contributed by atoms with E-state index in [2.05, 4.69) is 92.1 Å². The van der Waals surface area contributed by atoms with Gasteiger partial charge in [-0.05, 0) is 87.8 Å². The molecule has 2 aliphatic heterocycles. The maximum Gasteiger partial charge on any atom is 0.124 e. The van der Waals surface area contributed by atoms with Crippen LogP contribution in [0.5, 0.6) is 0 Å². The minimum absolute atomic E-state index is 0.385. The third-order valence-electron chi connectivity index (χ3n) is 7.36. The van der Waals surface area contributed by atoms with Crippen LogP contribution in [0.25, 0.3) is 22.0 Å². The first-order chi connectivity index (χ1) is 16.6. The van der Waals surface area contributed by atoms with E-state index >= 15 is 0 Å². The first-order valence-corrected chi connectivity index (χ1v) is 12.2. The minimum Gasteiger partial charge on any atom is -0.341 e. The Labute approximate surface area is 200 Å². The second kappa shape index (κ2) is 8.75. The Hall–Kier alpha value is -3.40. The first kappa shape index (κ1) is 21.2. The third kappa shape index (κ3) is 4.02. The Kier molecular flexibility index (Phi) is 5.44. The number of hydrogen-bond donors (Lipinski definition) is 2. The van der Waals surface area contributed by atoms with Crippen LogP contribution in [0.3, 0.4) is 0 Å². The highest BCUT2D eigenvalue weighted by molar-refractivity contribution is 5.88. The molecular formula is C28H30N6. The number of aromatic nitrogens is 4. The summed E-state index contributed by atoms with van der Waals surface area (Å²) in [5, 5.41) is 2.38. The topological polar surface area (TPSA) is 63.8 Å². The molecule has 2 aliphatic rings. The van der Waals surface area contributed by atoms with Crippen molar-refractivity contribution in [2.75, 3.05) is 27.2 Å². The molecule has 2 N–H and O–H groups in total. The first-order valence-electron chi connectivity index (χ1n) is 12.2. The van der Waals surface area contributed by atoms with Crippen LogP contribution in [-0.4, -0.2) is 56.9 Å². The Balaban J connectivity index is 1.21. The fraction of sp³-hybridized carbons (Fsp3) is 0.357. The van der Waals surface area contributed by atoms with E-state index in [0.717, 1.165) is 53.7 Å². The summed E-state index contributed by atoms with van der Waals surface area (Å²) < 4.78 is 0. The molecule has 2 saturated heterocycles. The molecule has 0 aliphatic carbocycles. The zero-order chi connectivity index (χ0) is 23.1. The fourth-order valence-electron chi connectivity index (χ4n) is 5.36. The number of imidazole rings is 2. The number of hydrogen-bond acceptors (Lipinski definition) is 4. The maximum absolute atomic E-state index is 4.68. The standard InChI is InChI=1S/C28H30N6/c1-33-13-3-5-25(33)27-29-17-23(31-27)12-8-19-7-9-21-16-22(11-10-20(21)15-19)24-18-30-28(32-24)26-6-4-14-34(26)2/h7,9-11,15-18,25-26H,3-6,13-14H2,1-2H3,(H,29,31)(H,30,32). The monoisotopic (exact) mass is 450 g/mol. The maximum atomic E-state index is 4.68. The summed E-state index contributed by atoms with van der Waals surface area (Å²) in [4.78, 5) is 20.9. The van der Waals surface area contributed by atoms with E-state index in [-0.39, 0.29) is 0 Å². The second-order valence-electron chi connectivity index (χ2n) is 9.67. The van der Waals surface area contributed by atoms with Gasteiger partial charge in [0, 0.05) is 11.1 Å². The minimum atomic E-state index is 0.385. The molecule has 0 radical (unpaired) electrons. The van der Waals surface area contributed by atoms with Gasteiger partial charge in [-0.3, -0.25) is 9.80 Å². The number of benzene rings is 2. The van der Waals surface area contributed by atoms with Crippen LogP contribution >= 0.6 is 0 Å². The van der Waals surface area contributed by atoms with Crippen molar-refractivity contribution in [3.8, 4) is 23.1 Å². The van der Waals surface area contributed by atoms with Crippen molar-refractivity contribution in [3.63, 3.8) is 0 Å². The van der Waals surface area contributed by atoms with E-state index in [1.54, 1.807) is 0 Å². The highest BCUT2D eigenvalue weighted by Crippen LogP contribution is 2.31. The average molecular weight is 451 g/mol. The summed E-state index contributed by atoms with van der Waals surface area (Å²) >= 11 is 0. The van der Waals surface area contributed by atoms with Gasteiger partial charge in [-0.2, -0.15) is 0 Å². The Morgan fingerprint density at radius 2 is 1.47 bits per heavy atom. The molecule has 4 heterocycles. The van der Waals surface area contributed by atoms with Gasteiger partial charge in [0.15, 0.2) is 0 Å². The second-order valence-corrected chi connectivity index (χ2v) is 9.67. The summed E-state index contributed by atoms with van der Waals surface area (Å²) in [5.41, 5.74) is 4.10. The molecule has 6 nitrogen and oxygen atoms in total. The molecule has 172 valence electrons. The van der Waals surface area contributed by atoms with Crippen molar-refractivity contribution < 1.29 is 0 Å². The molecule has 0 bridgehead atoms. The molecule has 0 saturated carbocycles. The van der Waals surface area contributed by atoms with E-state index < -0.39 is 0 Å². The van der Waals surface area contributed by atoms with Gasteiger partial charge in [0.25, 0.3) is 0 Å².